The molecule has 0 amide bonds. The number of hydrogen-bond acceptors (Lipinski definition) is 2. The van der Waals surface area contributed by atoms with E-state index in [-0.39, 0.29) is 0 Å². The van der Waals surface area contributed by atoms with E-state index in [9.17, 15) is 0 Å². The van der Waals surface area contributed by atoms with Crippen LogP contribution in [0.5, 0.6) is 0 Å². The van der Waals surface area contributed by atoms with Gasteiger partial charge in [0.25, 0.3) is 0 Å². The van der Waals surface area contributed by atoms with Crippen molar-refractivity contribution in [3.63, 3.8) is 0 Å². The first-order valence-corrected chi connectivity index (χ1v) is 8.42. The Morgan fingerprint density at radius 3 is 2.21 bits per heavy atom. The van der Waals surface area contributed by atoms with Crippen molar-refractivity contribution in [3.05, 3.63) is 0 Å². The fraction of sp³-hybridized carbons (Fsp3) is 1.00. The average molecular weight is 267 g/mol. The summed E-state index contributed by atoms with van der Waals surface area (Å²) in [6.45, 7) is 12.8. The van der Waals surface area contributed by atoms with Gasteiger partial charge in [0, 0.05) is 25.7 Å². The highest BCUT2D eigenvalue weighted by molar-refractivity contribution is 4.79. The average Bonchev–Trinajstić information content (AvgIpc) is 2.86. The standard InChI is InChI=1S/C17H33NO/c1-13(2)16-6-5-15(11-16)12-19-17-7-9-18(10-8-17)14(3)4/h13-17H,5-12H2,1-4H3. The molecule has 0 aromatic rings. The molecule has 2 atom stereocenters. The van der Waals surface area contributed by atoms with E-state index in [4.69, 9.17) is 4.74 Å². The Bertz CT molecular complexity index is 256. The van der Waals surface area contributed by atoms with Crippen molar-refractivity contribution in [1.29, 1.82) is 0 Å². The van der Waals surface area contributed by atoms with Crippen LogP contribution in [0.25, 0.3) is 0 Å². The van der Waals surface area contributed by atoms with Crippen molar-refractivity contribution in [3.8, 4) is 0 Å². The molecule has 0 radical (unpaired) electrons. The van der Waals surface area contributed by atoms with Gasteiger partial charge in [-0.25, -0.2) is 0 Å². The van der Waals surface area contributed by atoms with Gasteiger partial charge in [-0.1, -0.05) is 13.8 Å². The van der Waals surface area contributed by atoms with Crippen LogP contribution in [0.15, 0.2) is 0 Å². The predicted molar refractivity (Wildman–Crippen MR) is 81.4 cm³/mol. The first-order valence-electron chi connectivity index (χ1n) is 8.42. The monoisotopic (exact) mass is 267 g/mol. The van der Waals surface area contributed by atoms with E-state index >= 15 is 0 Å². The minimum absolute atomic E-state index is 0.535. The van der Waals surface area contributed by atoms with Crippen LogP contribution in [0.3, 0.4) is 0 Å². The number of hydrogen-bond donors (Lipinski definition) is 0. The molecule has 0 aromatic carbocycles. The normalized spacial score (nSPS) is 30.6. The second kappa shape index (κ2) is 7.08. The topological polar surface area (TPSA) is 12.5 Å². The van der Waals surface area contributed by atoms with Crippen LogP contribution in [0.1, 0.15) is 59.8 Å². The largest absolute Gasteiger partial charge is 0.378 e. The number of nitrogens with zero attached hydrogens (tertiary/aromatic N) is 1. The SMILES string of the molecule is CC(C)C1CCC(COC2CCN(C(C)C)CC2)C1. The first-order chi connectivity index (χ1) is 9.06. The Balaban J connectivity index is 1.62. The minimum Gasteiger partial charge on any atom is -0.378 e. The third-order valence-electron chi connectivity index (χ3n) is 5.30. The second-order valence-corrected chi connectivity index (χ2v) is 7.35. The fourth-order valence-corrected chi connectivity index (χ4v) is 3.70. The zero-order chi connectivity index (χ0) is 13.8. The van der Waals surface area contributed by atoms with Crippen molar-refractivity contribution in [2.75, 3.05) is 19.7 Å². The zero-order valence-electron chi connectivity index (χ0n) is 13.4. The molecule has 0 spiro atoms. The summed E-state index contributed by atoms with van der Waals surface area (Å²) < 4.78 is 6.20. The van der Waals surface area contributed by atoms with Crippen LogP contribution in [-0.2, 0) is 4.74 Å². The second-order valence-electron chi connectivity index (χ2n) is 7.35. The van der Waals surface area contributed by atoms with Gasteiger partial charge >= 0.3 is 0 Å². The fourth-order valence-electron chi connectivity index (χ4n) is 3.70. The van der Waals surface area contributed by atoms with E-state index < -0.39 is 0 Å². The van der Waals surface area contributed by atoms with Gasteiger partial charge in [-0.3, -0.25) is 0 Å². The van der Waals surface area contributed by atoms with E-state index in [1.807, 2.05) is 0 Å². The lowest BCUT2D eigenvalue weighted by molar-refractivity contribution is -0.0140. The molecule has 112 valence electrons. The van der Waals surface area contributed by atoms with E-state index in [2.05, 4.69) is 32.6 Å². The number of piperidine rings is 1. The van der Waals surface area contributed by atoms with Gasteiger partial charge in [-0.15, -0.1) is 0 Å². The summed E-state index contributed by atoms with van der Waals surface area (Å²) in [4.78, 5) is 2.57. The molecular weight excluding hydrogens is 234 g/mol. The maximum atomic E-state index is 6.20. The third kappa shape index (κ3) is 4.46. The van der Waals surface area contributed by atoms with Crippen LogP contribution in [0.4, 0.5) is 0 Å². The van der Waals surface area contributed by atoms with E-state index in [1.165, 1.54) is 45.2 Å². The lowest BCUT2D eigenvalue weighted by Crippen LogP contribution is -2.41. The summed E-state index contributed by atoms with van der Waals surface area (Å²) in [5.74, 6) is 2.66. The molecule has 0 bridgehead atoms. The van der Waals surface area contributed by atoms with E-state index in [0.29, 0.717) is 12.1 Å². The molecule has 2 nitrogen and oxygen atoms in total. The summed E-state index contributed by atoms with van der Waals surface area (Å²) in [7, 11) is 0. The lowest BCUT2D eigenvalue weighted by Gasteiger charge is -2.34. The minimum atomic E-state index is 0.535. The van der Waals surface area contributed by atoms with Crippen LogP contribution >= 0.6 is 0 Å². The molecule has 1 heterocycles. The molecule has 19 heavy (non-hydrogen) atoms. The van der Waals surface area contributed by atoms with Crippen LogP contribution in [0.2, 0.25) is 0 Å². The summed E-state index contributed by atoms with van der Waals surface area (Å²) in [6, 6.07) is 0.697. The Morgan fingerprint density at radius 2 is 1.68 bits per heavy atom. The molecule has 1 aliphatic heterocycles. The summed E-state index contributed by atoms with van der Waals surface area (Å²) in [6.07, 6.45) is 7.23. The summed E-state index contributed by atoms with van der Waals surface area (Å²) >= 11 is 0. The Hall–Kier alpha value is -0.0800. The predicted octanol–water partition coefficient (Wildman–Crippen LogP) is 3.95. The zero-order valence-corrected chi connectivity index (χ0v) is 13.4. The van der Waals surface area contributed by atoms with Crippen LogP contribution in [0, 0.1) is 17.8 Å². The van der Waals surface area contributed by atoms with Crippen LogP contribution in [-0.4, -0.2) is 36.7 Å². The number of rotatable bonds is 5. The van der Waals surface area contributed by atoms with Gasteiger partial charge in [0.15, 0.2) is 0 Å². The summed E-state index contributed by atoms with van der Waals surface area (Å²) in [5, 5.41) is 0. The van der Waals surface area contributed by atoms with Crippen molar-refractivity contribution in [2.24, 2.45) is 17.8 Å². The molecule has 1 saturated carbocycles. The highest BCUT2D eigenvalue weighted by Gasteiger charge is 2.28. The molecule has 2 aliphatic rings. The highest BCUT2D eigenvalue weighted by Crippen LogP contribution is 2.36. The van der Waals surface area contributed by atoms with E-state index in [0.717, 1.165) is 24.4 Å². The van der Waals surface area contributed by atoms with Crippen LogP contribution < -0.4 is 0 Å². The molecule has 0 N–H and O–H groups in total. The lowest BCUT2D eigenvalue weighted by atomic mass is 9.93. The summed E-state index contributed by atoms with van der Waals surface area (Å²) in [5.41, 5.74) is 0. The Labute approximate surface area is 119 Å². The quantitative estimate of drug-likeness (QED) is 0.748. The molecule has 1 aliphatic carbocycles. The highest BCUT2D eigenvalue weighted by atomic mass is 16.5. The molecule has 2 rings (SSSR count). The van der Waals surface area contributed by atoms with Crippen molar-refractivity contribution in [2.45, 2.75) is 71.9 Å². The molecular formula is C17H33NO. The van der Waals surface area contributed by atoms with Gasteiger partial charge in [0.1, 0.15) is 0 Å². The van der Waals surface area contributed by atoms with E-state index in [1.54, 1.807) is 0 Å². The first kappa shape index (κ1) is 15.3. The third-order valence-corrected chi connectivity index (χ3v) is 5.30. The smallest absolute Gasteiger partial charge is 0.0599 e. The molecule has 0 aromatic heterocycles. The molecule has 2 unspecified atom stereocenters. The van der Waals surface area contributed by atoms with Gasteiger partial charge in [0.2, 0.25) is 0 Å². The Kier molecular flexibility index (Phi) is 5.70. The number of likely N-dealkylation sites (tertiary alicyclic amines) is 1. The van der Waals surface area contributed by atoms with Gasteiger partial charge < -0.3 is 9.64 Å². The molecule has 2 heteroatoms. The number of ether oxygens (including phenoxy) is 1. The molecule has 2 fully saturated rings. The van der Waals surface area contributed by atoms with Crippen molar-refractivity contribution < 1.29 is 4.74 Å². The van der Waals surface area contributed by atoms with Crippen molar-refractivity contribution >= 4 is 0 Å². The van der Waals surface area contributed by atoms with Gasteiger partial charge in [-0.05, 0) is 63.7 Å². The maximum absolute atomic E-state index is 6.20. The van der Waals surface area contributed by atoms with Gasteiger partial charge in [-0.2, -0.15) is 0 Å². The maximum Gasteiger partial charge on any atom is 0.0599 e. The Morgan fingerprint density at radius 1 is 1.00 bits per heavy atom. The van der Waals surface area contributed by atoms with Crippen molar-refractivity contribution in [1.82, 2.24) is 4.90 Å². The van der Waals surface area contributed by atoms with Gasteiger partial charge in [0.05, 0.1) is 6.10 Å². The molecule has 1 saturated heterocycles.